The predicted octanol–water partition coefficient (Wildman–Crippen LogP) is 7.11. The topological polar surface area (TPSA) is 43.1 Å². The van der Waals surface area contributed by atoms with Gasteiger partial charge in [-0.15, -0.1) is 0 Å². The summed E-state index contributed by atoms with van der Waals surface area (Å²) in [5.74, 6) is 0.824. The van der Waals surface area contributed by atoms with Crippen molar-refractivity contribution in [2.45, 2.75) is 58.8 Å². The molecule has 0 spiro atoms. The van der Waals surface area contributed by atoms with E-state index < -0.39 is 0 Å². The maximum atomic E-state index is 11.4. The summed E-state index contributed by atoms with van der Waals surface area (Å²) in [6.07, 6.45) is 9.07. The molecule has 146 valence electrons. The Balaban J connectivity index is 1.58. The van der Waals surface area contributed by atoms with E-state index in [-0.39, 0.29) is 5.78 Å². The third-order valence-corrected chi connectivity index (χ3v) is 5.15. The molecular formula is C25H29NO2. The molecular weight excluding hydrogens is 346 g/mol. The number of rotatable bonds is 10. The van der Waals surface area contributed by atoms with Crippen LogP contribution in [0.25, 0.3) is 22.6 Å². The van der Waals surface area contributed by atoms with Crippen molar-refractivity contribution in [2.24, 2.45) is 0 Å². The number of aryl methyl sites for hydroxylation is 1. The van der Waals surface area contributed by atoms with Gasteiger partial charge in [-0.1, -0.05) is 92.7 Å². The SMILES string of the molecule is CCCCCCCCc1ccc(-c2cc(-c3ccc(C(C)=O)cc3)no2)cc1. The second-order valence-corrected chi connectivity index (χ2v) is 7.42. The van der Waals surface area contributed by atoms with Gasteiger partial charge in [0.25, 0.3) is 0 Å². The van der Waals surface area contributed by atoms with Crippen LogP contribution in [-0.4, -0.2) is 10.9 Å². The molecule has 1 heterocycles. The van der Waals surface area contributed by atoms with E-state index in [1.54, 1.807) is 6.92 Å². The van der Waals surface area contributed by atoms with Crippen LogP contribution in [0.15, 0.2) is 59.1 Å². The van der Waals surface area contributed by atoms with Crippen molar-refractivity contribution in [3.8, 4) is 22.6 Å². The molecule has 0 amide bonds. The Bertz CT molecular complexity index is 876. The molecule has 0 radical (unpaired) electrons. The second kappa shape index (κ2) is 10.0. The highest BCUT2D eigenvalue weighted by atomic mass is 16.5. The average Bonchev–Trinajstić information content (AvgIpc) is 3.21. The zero-order valence-corrected chi connectivity index (χ0v) is 16.9. The van der Waals surface area contributed by atoms with Gasteiger partial charge in [0.15, 0.2) is 11.5 Å². The summed E-state index contributed by atoms with van der Waals surface area (Å²) in [5, 5.41) is 4.18. The largest absolute Gasteiger partial charge is 0.356 e. The van der Waals surface area contributed by atoms with Crippen molar-refractivity contribution in [1.29, 1.82) is 0 Å². The molecule has 3 aromatic rings. The van der Waals surface area contributed by atoms with Crippen LogP contribution < -0.4 is 0 Å². The Morgan fingerprint density at radius 3 is 2.18 bits per heavy atom. The van der Waals surface area contributed by atoms with Gasteiger partial charge in [0, 0.05) is 22.8 Å². The van der Waals surface area contributed by atoms with Gasteiger partial charge < -0.3 is 4.52 Å². The van der Waals surface area contributed by atoms with Crippen LogP contribution in [0.1, 0.15) is 68.3 Å². The van der Waals surface area contributed by atoms with Crippen LogP contribution in [0, 0.1) is 0 Å². The molecule has 0 aliphatic carbocycles. The maximum Gasteiger partial charge on any atom is 0.167 e. The van der Waals surface area contributed by atoms with Crippen molar-refractivity contribution in [2.75, 3.05) is 0 Å². The molecule has 2 aromatic carbocycles. The van der Waals surface area contributed by atoms with E-state index >= 15 is 0 Å². The Kier molecular flexibility index (Phi) is 7.18. The van der Waals surface area contributed by atoms with Crippen LogP contribution in [0.2, 0.25) is 0 Å². The standard InChI is InChI=1S/C25H29NO2/c1-3-4-5-6-7-8-9-20-10-12-23(13-11-20)25-18-24(26-28-25)22-16-14-21(15-17-22)19(2)27/h10-18H,3-9H2,1-2H3. The molecule has 3 nitrogen and oxygen atoms in total. The Morgan fingerprint density at radius 2 is 1.50 bits per heavy atom. The van der Waals surface area contributed by atoms with Gasteiger partial charge >= 0.3 is 0 Å². The van der Waals surface area contributed by atoms with Gasteiger partial charge in [-0.2, -0.15) is 0 Å². The lowest BCUT2D eigenvalue weighted by atomic mass is 10.0. The summed E-state index contributed by atoms with van der Waals surface area (Å²) >= 11 is 0. The van der Waals surface area contributed by atoms with E-state index in [2.05, 4.69) is 36.3 Å². The summed E-state index contributed by atoms with van der Waals surface area (Å²) in [5.41, 5.74) is 4.83. The first-order chi connectivity index (χ1) is 13.7. The molecule has 0 aliphatic rings. The van der Waals surface area contributed by atoms with Gasteiger partial charge in [-0.05, 0) is 25.3 Å². The Labute approximate surface area is 167 Å². The van der Waals surface area contributed by atoms with Crippen molar-refractivity contribution >= 4 is 5.78 Å². The summed E-state index contributed by atoms with van der Waals surface area (Å²) < 4.78 is 5.54. The van der Waals surface area contributed by atoms with Crippen LogP contribution in [0.5, 0.6) is 0 Å². The highest BCUT2D eigenvalue weighted by Crippen LogP contribution is 2.27. The van der Waals surface area contributed by atoms with E-state index in [1.807, 2.05) is 30.3 Å². The van der Waals surface area contributed by atoms with Gasteiger partial charge in [0.1, 0.15) is 5.69 Å². The third kappa shape index (κ3) is 5.41. The van der Waals surface area contributed by atoms with Gasteiger partial charge in [-0.3, -0.25) is 4.79 Å². The quantitative estimate of drug-likeness (QED) is 0.280. The van der Waals surface area contributed by atoms with Crippen molar-refractivity contribution in [3.63, 3.8) is 0 Å². The monoisotopic (exact) mass is 375 g/mol. The molecule has 0 N–H and O–H groups in total. The summed E-state index contributed by atoms with van der Waals surface area (Å²) in [7, 11) is 0. The Hall–Kier alpha value is -2.68. The minimum absolute atomic E-state index is 0.0634. The van der Waals surface area contributed by atoms with E-state index in [9.17, 15) is 4.79 Å². The van der Waals surface area contributed by atoms with Crippen LogP contribution >= 0.6 is 0 Å². The summed E-state index contributed by atoms with van der Waals surface area (Å²) in [6, 6.07) is 18.0. The fraction of sp³-hybridized carbons (Fsp3) is 0.360. The first-order valence-corrected chi connectivity index (χ1v) is 10.3. The minimum atomic E-state index is 0.0634. The summed E-state index contributed by atoms with van der Waals surface area (Å²) in [4.78, 5) is 11.4. The molecule has 0 atom stereocenters. The van der Waals surface area contributed by atoms with Gasteiger partial charge in [0.2, 0.25) is 0 Å². The molecule has 1 aromatic heterocycles. The molecule has 0 unspecified atom stereocenters. The number of ketones is 1. The number of carbonyl (C=O) groups excluding carboxylic acids is 1. The predicted molar refractivity (Wildman–Crippen MR) is 114 cm³/mol. The van der Waals surface area contributed by atoms with E-state index in [1.165, 1.54) is 44.1 Å². The van der Waals surface area contributed by atoms with E-state index in [0.717, 1.165) is 29.0 Å². The first-order valence-electron chi connectivity index (χ1n) is 10.3. The van der Waals surface area contributed by atoms with Crippen molar-refractivity contribution in [1.82, 2.24) is 5.16 Å². The molecule has 28 heavy (non-hydrogen) atoms. The molecule has 3 rings (SSSR count). The molecule has 0 fully saturated rings. The van der Waals surface area contributed by atoms with Crippen LogP contribution in [0.3, 0.4) is 0 Å². The number of unbranched alkanes of at least 4 members (excludes halogenated alkanes) is 5. The molecule has 0 saturated carbocycles. The number of hydrogen-bond acceptors (Lipinski definition) is 3. The lowest BCUT2D eigenvalue weighted by molar-refractivity contribution is 0.101. The number of hydrogen-bond donors (Lipinski definition) is 0. The van der Waals surface area contributed by atoms with Crippen molar-refractivity contribution < 1.29 is 9.32 Å². The van der Waals surface area contributed by atoms with E-state index in [4.69, 9.17) is 4.52 Å². The fourth-order valence-electron chi connectivity index (χ4n) is 3.37. The minimum Gasteiger partial charge on any atom is -0.356 e. The molecule has 3 heteroatoms. The number of carbonyl (C=O) groups is 1. The normalized spacial score (nSPS) is 10.9. The number of nitrogens with zero attached hydrogens (tertiary/aromatic N) is 1. The highest BCUT2D eigenvalue weighted by molar-refractivity contribution is 5.94. The molecule has 0 bridgehead atoms. The fourth-order valence-corrected chi connectivity index (χ4v) is 3.37. The average molecular weight is 376 g/mol. The molecule has 0 saturated heterocycles. The lowest BCUT2D eigenvalue weighted by Crippen LogP contribution is -1.90. The second-order valence-electron chi connectivity index (χ2n) is 7.42. The summed E-state index contributed by atoms with van der Waals surface area (Å²) in [6.45, 7) is 3.82. The van der Waals surface area contributed by atoms with Crippen LogP contribution in [-0.2, 0) is 6.42 Å². The van der Waals surface area contributed by atoms with Gasteiger partial charge in [-0.25, -0.2) is 0 Å². The highest BCUT2D eigenvalue weighted by Gasteiger charge is 2.09. The molecule has 0 aliphatic heterocycles. The van der Waals surface area contributed by atoms with Gasteiger partial charge in [0.05, 0.1) is 0 Å². The van der Waals surface area contributed by atoms with Crippen molar-refractivity contribution in [3.05, 3.63) is 65.7 Å². The Morgan fingerprint density at radius 1 is 0.857 bits per heavy atom. The maximum absolute atomic E-state index is 11.4. The van der Waals surface area contributed by atoms with Crippen LogP contribution in [0.4, 0.5) is 0 Å². The smallest absolute Gasteiger partial charge is 0.167 e. The lowest BCUT2D eigenvalue weighted by Gasteiger charge is -2.03. The number of aromatic nitrogens is 1. The number of benzene rings is 2. The number of Topliss-reactive ketones (excluding diaryl/α,β-unsaturated/α-hetero) is 1. The first kappa shape index (κ1) is 20.1. The zero-order chi connectivity index (χ0) is 19.8. The zero-order valence-electron chi connectivity index (χ0n) is 16.9. The third-order valence-electron chi connectivity index (χ3n) is 5.15. The van der Waals surface area contributed by atoms with E-state index in [0.29, 0.717) is 5.56 Å².